The zero-order valence-electron chi connectivity index (χ0n) is 12.1. The van der Waals surface area contributed by atoms with Crippen LogP contribution in [0.4, 0.5) is 8.78 Å². The number of piperazine rings is 1. The van der Waals surface area contributed by atoms with Gasteiger partial charge in [-0.05, 0) is 38.1 Å². The maximum atomic E-state index is 13.2. The van der Waals surface area contributed by atoms with Crippen LogP contribution in [0.3, 0.4) is 0 Å². The van der Waals surface area contributed by atoms with E-state index in [0.29, 0.717) is 18.0 Å². The molecule has 2 unspecified atom stereocenters. The van der Waals surface area contributed by atoms with Gasteiger partial charge in [0.1, 0.15) is 11.6 Å². The average Bonchev–Trinajstić information content (AvgIpc) is 2.38. The lowest BCUT2D eigenvalue weighted by Crippen LogP contribution is -2.50. The highest BCUT2D eigenvalue weighted by atomic mass is 19.1. The van der Waals surface area contributed by atoms with Gasteiger partial charge in [0, 0.05) is 44.3 Å². The Balaban J connectivity index is 1.87. The fourth-order valence-corrected chi connectivity index (χ4v) is 2.60. The molecule has 1 saturated heterocycles. The van der Waals surface area contributed by atoms with Gasteiger partial charge in [-0.1, -0.05) is 0 Å². The zero-order valence-corrected chi connectivity index (χ0v) is 12.1. The molecule has 0 bridgehead atoms. The Morgan fingerprint density at radius 2 is 1.90 bits per heavy atom. The predicted molar refractivity (Wildman–Crippen MR) is 76.4 cm³/mol. The summed E-state index contributed by atoms with van der Waals surface area (Å²) in [5.74, 6) is -1.13. The average molecular weight is 283 g/mol. The first kappa shape index (κ1) is 15.4. The van der Waals surface area contributed by atoms with E-state index in [2.05, 4.69) is 23.8 Å². The summed E-state index contributed by atoms with van der Waals surface area (Å²) in [6.45, 7) is 6.14. The standard InChI is InChI=1S/C15H23F2N3/c1-11-10-20(6-5-19(11)2)4-3-15(18)12-7-13(16)9-14(17)8-12/h7-9,11,15H,3-6,10,18H2,1-2H3. The smallest absolute Gasteiger partial charge is 0.126 e. The summed E-state index contributed by atoms with van der Waals surface area (Å²) in [5.41, 5.74) is 6.57. The number of hydrogen-bond acceptors (Lipinski definition) is 3. The maximum Gasteiger partial charge on any atom is 0.126 e. The molecule has 1 heterocycles. The van der Waals surface area contributed by atoms with Crippen LogP contribution in [0.2, 0.25) is 0 Å². The summed E-state index contributed by atoms with van der Waals surface area (Å²) >= 11 is 0. The molecule has 0 aromatic heterocycles. The van der Waals surface area contributed by atoms with Gasteiger partial charge in [0.05, 0.1) is 0 Å². The van der Waals surface area contributed by atoms with Crippen LogP contribution in [0.5, 0.6) is 0 Å². The summed E-state index contributed by atoms with van der Waals surface area (Å²) in [4.78, 5) is 4.69. The number of nitrogens with two attached hydrogens (primary N) is 1. The molecule has 2 atom stereocenters. The molecule has 0 spiro atoms. The highest BCUT2D eigenvalue weighted by Gasteiger charge is 2.21. The molecular formula is C15H23F2N3. The van der Waals surface area contributed by atoms with Crippen molar-refractivity contribution in [3.8, 4) is 0 Å². The number of benzene rings is 1. The minimum Gasteiger partial charge on any atom is -0.324 e. The van der Waals surface area contributed by atoms with Gasteiger partial charge >= 0.3 is 0 Å². The Kier molecular flexibility index (Phi) is 5.07. The Morgan fingerprint density at radius 3 is 2.50 bits per heavy atom. The quantitative estimate of drug-likeness (QED) is 0.917. The lowest BCUT2D eigenvalue weighted by molar-refractivity contribution is 0.103. The molecule has 0 amide bonds. The van der Waals surface area contributed by atoms with Crippen molar-refractivity contribution < 1.29 is 8.78 Å². The van der Waals surface area contributed by atoms with Crippen molar-refractivity contribution in [3.05, 3.63) is 35.4 Å². The van der Waals surface area contributed by atoms with Crippen LogP contribution in [0, 0.1) is 11.6 Å². The molecule has 0 aliphatic carbocycles. The van der Waals surface area contributed by atoms with Crippen molar-refractivity contribution in [2.45, 2.75) is 25.4 Å². The Labute approximate surface area is 119 Å². The summed E-state index contributed by atoms with van der Waals surface area (Å²) < 4.78 is 26.3. The fourth-order valence-electron chi connectivity index (χ4n) is 2.60. The SMILES string of the molecule is CC1CN(CCC(N)c2cc(F)cc(F)c2)CCN1C. The minimum atomic E-state index is -0.566. The number of rotatable bonds is 4. The predicted octanol–water partition coefficient (Wildman–Crippen LogP) is 1.99. The first-order valence-corrected chi connectivity index (χ1v) is 7.10. The van der Waals surface area contributed by atoms with E-state index in [-0.39, 0.29) is 6.04 Å². The van der Waals surface area contributed by atoms with Gasteiger partial charge in [0.15, 0.2) is 0 Å². The van der Waals surface area contributed by atoms with E-state index < -0.39 is 11.6 Å². The molecule has 0 saturated carbocycles. The highest BCUT2D eigenvalue weighted by Crippen LogP contribution is 2.18. The second-order valence-corrected chi connectivity index (χ2v) is 5.73. The molecule has 0 radical (unpaired) electrons. The number of likely N-dealkylation sites (N-methyl/N-ethyl adjacent to an activating group) is 1. The highest BCUT2D eigenvalue weighted by molar-refractivity contribution is 5.21. The fraction of sp³-hybridized carbons (Fsp3) is 0.600. The second-order valence-electron chi connectivity index (χ2n) is 5.73. The largest absolute Gasteiger partial charge is 0.324 e. The van der Waals surface area contributed by atoms with Crippen molar-refractivity contribution in [3.63, 3.8) is 0 Å². The minimum absolute atomic E-state index is 0.324. The van der Waals surface area contributed by atoms with Crippen molar-refractivity contribution in [2.75, 3.05) is 33.2 Å². The third-order valence-electron chi connectivity index (χ3n) is 4.11. The second kappa shape index (κ2) is 6.61. The maximum absolute atomic E-state index is 13.2. The van der Waals surface area contributed by atoms with Gasteiger partial charge in [-0.2, -0.15) is 0 Å². The Bertz CT molecular complexity index is 432. The van der Waals surface area contributed by atoms with E-state index in [1.807, 2.05) is 0 Å². The van der Waals surface area contributed by atoms with Gasteiger partial charge in [-0.25, -0.2) is 8.78 Å². The summed E-state index contributed by atoms with van der Waals surface area (Å²) in [5, 5.41) is 0. The van der Waals surface area contributed by atoms with E-state index in [1.54, 1.807) is 0 Å². The molecule has 2 N–H and O–H groups in total. The number of hydrogen-bond donors (Lipinski definition) is 1. The van der Waals surface area contributed by atoms with Crippen LogP contribution >= 0.6 is 0 Å². The van der Waals surface area contributed by atoms with Crippen LogP contribution in [0.15, 0.2) is 18.2 Å². The summed E-state index contributed by atoms with van der Waals surface area (Å²) in [6.07, 6.45) is 0.708. The lowest BCUT2D eigenvalue weighted by atomic mass is 10.0. The number of halogens is 2. The molecule has 20 heavy (non-hydrogen) atoms. The van der Waals surface area contributed by atoms with Crippen LogP contribution < -0.4 is 5.73 Å². The van der Waals surface area contributed by atoms with E-state index >= 15 is 0 Å². The molecular weight excluding hydrogens is 260 g/mol. The zero-order chi connectivity index (χ0) is 14.7. The van der Waals surface area contributed by atoms with Gasteiger partial charge in [0.25, 0.3) is 0 Å². The van der Waals surface area contributed by atoms with Crippen LogP contribution in [-0.4, -0.2) is 49.1 Å². The van der Waals surface area contributed by atoms with E-state index in [9.17, 15) is 8.78 Å². The monoisotopic (exact) mass is 283 g/mol. The number of nitrogens with zero attached hydrogens (tertiary/aromatic N) is 2. The van der Waals surface area contributed by atoms with E-state index in [4.69, 9.17) is 5.73 Å². The molecule has 1 aliphatic rings. The van der Waals surface area contributed by atoms with E-state index in [0.717, 1.165) is 32.2 Å². The van der Waals surface area contributed by atoms with Crippen LogP contribution in [-0.2, 0) is 0 Å². The lowest BCUT2D eigenvalue weighted by Gasteiger charge is -2.38. The summed E-state index contributed by atoms with van der Waals surface area (Å²) in [6, 6.07) is 3.72. The van der Waals surface area contributed by atoms with Crippen molar-refractivity contribution in [1.82, 2.24) is 9.80 Å². The molecule has 1 fully saturated rings. The van der Waals surface area contributed by atoms with Crippen LogP contribution in [0.25, 0.3) is 0 Å². The molecule has 2 rings (SSSR count). The van der Waals surface area contributed by atoms with Crippen molar-refractivity contribution >= 4 is 0 Å². The van der Waals surface area contributed by atoms with Gasteiger partial charge in [-0.3, -0.25) is 0 Å². The first-order chi connectivity index (χ1) is 9.45. The Hall–Kier alpha value is -1.04. The van der Waals surface area contributed by atoms with Gasteiger partial charge in [-0.15, -0.1) is 0 Å². The van der Waals surface area contributed by atoms with Gasteiger partial charge in [0.2, 0.25) is 0 Å². The van der Waals surface area contributed by atoms with E-state index in [1.165, 1.54) is 12.1 Å². The topological polar surface area (TPSA) is 32.5 Å². The van der Waals surface area contributed by atoms with Crippen molar-refractivity contribution in [2.24, 2.45) is 5.73 Å². The molecule has 3 nitrogen and oxygen atoms in total. The molecule has 1 aromatic rings. The third kappa shape index (κ3) is 3.98. The van der Waals surface area contributed by atoms with Crippen molar-refractivity contribution in [1.29, 1.82) is 0 Å². The summed E-state index contributed by atoms with van der Waals surface area (Å²) in [7, 11) is 2.13. The molecule has 112 valence electrons. The van der Waals surface area contributed by atoms with Gasteiger partial charge < -0.3 is 15.5 Å². The normalized spacial score (nSPS) is 22.9. The molecule has 1 aliphatic heterocycles. The Morgan fingerprint density at radius 1 is 1.25 bits per heavy atom. The molecule has 1 aromatic carbocycles. The molecule has 5 heteroatoms. The third-order valence-corrected chi connectivity index (χ3v) is 4.11. The van der Waals surface area contributed by atoms with Crippen LogP contribution in [0.1, 0.15) is 24.9 Å². The first-order valence-electron chi connectivity index (χ1n) is 7.10.